The summed E-state index contributed by atoms with van der Waals surface area (Å²) in [4.78, 5) is 5.43. The molecule has 0 N–H and O–H groups in total. The van der Waals surface area contributed by atoms with Gasteiger partial charge in [0.1, 0.15) is 0 Å². The topological polar surface area (TPSA) is 6.48 Å². The lowest BCUT2D eigenvalue weighted by atomic mass is 9.61. The van der Waals surface area contributed by atoms with Crippen molar-refractivity contribution in [3.05, 3.63) is 111 Å². The molecule has 0 saturated heterocycles. The molecule has 0 spiro atoms. The van der Waals surface area contributed by atoms with Crippen LogP contribution in [0.1, 0.15) is 180 Å². The molecule has 5 aromatic rings. The Bertz CT molecular complexity index is 2470. The standard InChI is InChI=1S/C55H70N2S/c1-35-27-38(30-39(28-35)57-46-20-17-36(49(2,3)4)29-45(46)54(13)21-15-16-22-55(54,57)14)56(37-18-19-41-42(31-37)51(7,8)24-23-50(41,5)6)47-34-58-48-33-44-43(32-40(47)48)52(9,10)25-26-53(44,11)12/h17-20,27-34H,15-16,21-26H2,1-14H3. The summed E-state index contributed by atoms with van der Waals surface area (Å²) in [6, 6.07) is 27.6. The lowest BCUT2D eigenvalue weighted by Gasteiger charge is -2.50. The summed E-state index contributed by atoms with van der Waals surface area (Å²) in [6.07, 6.45) is 9.84. The Morgan fingerprint density at radius 1 is 0.569 bits per heavy atom. The van der Waals surface area contributed by atoms with Crippen molar-refractivity contribution in [3.63, 3.8) is 0 Å². The van der Waals surface area contributed by atoms with E-state index in [4.69, 9.17) is 0 Å². The summed E-state index contributed by atoms with van der Waals surface area (Å²) in [5, 5.41) is 3.84. The number of nitrogens with zero attached hydrogens (tertiary/aromatic N) is 2. The zero-order valence-electron chi connectivity index (χ0n) is 38.4. The minimum atomic E-state index is -0.0199. The highest BCUT2D eigenvalue weighted by atomic mass is 32.1. The molecule has 2 atom stereocenters. The van der Waals surface area contributed by atoms with E-state index in [2.05, 4.69) is 179 Å². The predicted octanol–water partition coefficient (Wildman–Crippen LogP) is 16.4. The van der Waals surface area contributed by atoms with Crippen molar-refractivity contribution in [1.29, 1.82) is 0 Å². The number of anilines is 5. The Morgan fingerprint density at radius 2 is 1.17 bits per heavy atom. The van der Waals surface area contributed by atoms with Crippen molar-refractivity contribution < 1.29 is 0 Å². The highest BCUT2D eigenvalue weighted by molar-refractivity contribution is 7.17. The van der Waals surface area contributed by atoms with E-state index in [1.165, 1.54) is 123 Å². The second-order valence-corrected chi connectivity index (χ2v) is 24.2. The summed E-state index contributed by atoms with van der Waals surface area (Å²) in [5.41, 5.74) is 17.7. The number of aryl methyl sites for hydroxylation is 1. The molecule has 2 nitrogen and oxygen atoms in total. The van der Waals surface area contributed by atoms with Gasteiger partial charge < -0.3 is 9.80 Å². The van der Waals surface area contributed by atoms with Crippen molar-refractivity contribution >= 4 is 49.9 Å². The predicted molar refractivity (Wildman–Crippen MR) is 253 cm³/mol. The van der Waals surface area contributed by atoms with Crippen LogP contribution in [0.15, 0.2) is 72.1 Å². The Balaban J connectivity index is 1.29. The van der Waals surface area contributed by atoms with Gasteiger partial charge in [-0.15, -0.1) is 11.3 Å². The van der Waals surface area contributed by atoms with Gasteiger partial charge in [0.2, 0.25) is 0 Å². The molecule has 0 radical (unpaired) electrons. The van der Waals surface area contributed by atoms with Crippen molar-refractivity contribution in [2.45, 2.75) is 186 Å². The van der Waals surface area contributed by atoms with E-state index in [-0.39, 0.29) is 38.0 Å². The Labute approximate surface area is 355 Å². The average Bonchev–Trinajstić information content (AvgIpc) is 3.64. The zero-order valence-corrected chi connectivity index (χ0v) is 39.2. The maximum Gasteiger partial charge on any atom is 0.0647 e. The Hall–Kier alpha value is -3.56. The van der Waals surface area contributed by atoms with Crippen LogP contribution in [0.2, 0.25) is 0 Å². The smallest absolute Gasteiger partial charge is 0.0647 e. The summed E-state index contributed by atoms with van der Waals surface area (Å²) in [5.74, 6) is 0. The maximum absolute atomic E-state index is 2.79. The number of thiophene rings is 1. The van der Waals surface area contributed by atoms with E-state index in [0.29, 0.717) is 0 Å². The minimum Gasteiger partial charge on any atom is -0.334 e. The molecule has 4 aromatic carbocycles. The number of hydrogen-bond acceptors (Lipinski definition) is 3. The lowest BCUT2D eigenvalue weighted by molar-refractivity contribution is 0.195. The molecule has 1 saturated carbocycles. The highest BCUT2D eigenvalue weighted by Gasteiger charge is 2.58. The highest BCUT2D eigenvalue weighted by Crippen LogP contribution is 2.62. The van der Waals surface area contributed by atoms with Crippen LogP contribution in [-0.2, 0) is 32.5 Å². The fourth-order valence-electron chi connectivity index (χ4n) is 12.0. The fourth-order valence-corrected chi connectivity index (χ4v) is 12.9. The van der Waals surface area contributed by atoms with E-state index in [0.717, 1.165) is 0 Å². The van der Waals surface area contributed by atoms with Crippen LogP contribution >= 0.6 is 11.3 Å². The van der Waals surface area contributed by atoms with Gasteiger partial charge in [0.15, 0.2) is 0 Å². The number of rotatable bonds is 4. The molecule has 2 unspecified atom stereocenters. The lowest BCUT2D eigenvalue weighted by Crippen LogP contribution is -2.54. The fraction of sp³-hybridized carbons (Fsp3) is 0.527. The average molecular weight is 791 g/mol. The third kappa shape index (κ3) is 5.89. The molecule has 0 bridgehead atoms. The van der Waals surface area contributed by atoms with E-state index in [1.807, 2.05) is 11.3 Å². The molecular weight excluding hydrogens is 721 g/mol. The molecule has 306 valence electrons. The van der Waals surface area contributed by atoms with Gasteiger partial charge in [-0.3, -0.25) is 0 Å². The first kappa shape index (κ1) is 39.9. The molecule has 4 aliphatic rings. The molecule has 3 aliphatic carbocycles. The van der Waals surface area contributed by atoms with Gasteiger partial charge in [-0.25, -0.2) is 0 Å². The van der Waals surface area contributed by atoms with Gasteiger partial charge in [0.05, 0.1) is 11.2 Å². The summed E-state index contributed by atoms with van der Waals surface area (Å²) < 4.78 is 1.39. The second-order valence-electron chi connectivity index (χ2n) is 23.3. The Kier molecular flexibility index (Phi) is 8.75. The number of benzene rings is 4. The van der Waals surface area contributed by atoms with E-state index < -0.39 is 0 Å². The van der Waals surface area contributed by atoms with Gasteiger partial charge in [-0.2, -0.15) is 0 Å². The molecule has 0 amide bonds. The molecule has 1 fully saturated rings. The largest absolute Gasteiger partial charge is 0.334 e. The monoisotopic (exact) mass is 791 g/mol. The normalized spacial score (nSPS) is 25.2. The third-order valence-corrected chi connectivity index (χ3v) is 17.3. The first-order valence-corrected chi connectivity index (χ1v) is 23.4. The maximum atomic E-state index is 2.79. The summed E-state index contributed by atoms with van der Waals surface area (Å²) in [6.45, 7) is 34.2. The zero-order chi connectivity index (χ0) is 41.6. The van der Waals surface area contributed by atoms with E-state index in [1.54, 1.807) is 5.56 Å². The molecule has 3 heteroatoms. The minimum absolute atomic E-state index is 0.0199. The van der Waals surface area contributed by atoms with Crippen LogP contribution in [0.4, 0.5) is 28.4 Å². The molecule has 2 heterocycles. The van der Waals surface area contributed by atoms with Gasteiger partial charge >= 0.3 is 0 Å². The molecule has 9 rings (SSSR count). The third-order valence-electron chi connectivity index (χ3n) is 16.4. The molecule has 1 aromatic heterocycles. The van der Waals surface area contributed by atoms with Crippen molar-refractivity contribution in [1.82, 2.24) is 0 Å². The quantitative estimate of drug-likeness (QED) is 0.179. The van der Waals surface area contributed by atoms with Gasteiger partial charge in [-0.05, 0) is 167 Å². The van der Waals surface area contributed by atoms with Crippen LogP contribution in [0.25, 0.3) is 10.1 Å². The summed E-state index contributed by atoms with van der Waals surface area (Å²) >= 11 is 1.92. The number of hydrogen-bond donors (Lipinski definition) is 0. The van der Waals surface area contributed by atoms with Crippen LogP contribution < -0.4 is 9.80 Å². The SMILES string of the molecule is Cc1cc(N(c2ccc3c(c2)C(C)(C)CCC3(C)C)c2csc3cc4c(cc23)C(C)(C)CCC4(C)C)cc(N2c3ccc(C(C)(C)C)cc3C3(C)CCCCC23C)c1. The second kappa shape index (κ2) is 12.7. The van der Waals surface area contributed by atoms with Crippen LogP contribution in [0, 0.1) is 6.92 Å². The summed E-state index contributed by atoms with van der Waals surface area (Å²) in [7, 11) is 0. The first-order valence-electron chi connectivity index (χ1n) is 22.6. The molecule has 1 aliphatic heterocycles. The van der Waals surface area contributed by atoms with Crippen LogP contribution in [0.5, 0.6) is 0 Å². The van der Waals surface area contributed by atoms with Crippen LogP contribution in [0.3, 0.4) is 0 Å². The Morgan fingerprint density at radius 3 is 1.83 bits per heavy atom. The van der Waals surface area contributed by atoms with Gasteiger partial charge in [-0.1, -0.05) is 114 Å². The molecule has 58 heavy (non-hydrogen) atoms. The van der Waals surface area contributed by atoms with Crippen LogP contribution in [-0.4, -0.2) is 5.54 Å². The first-order chi connectivity index (χ1) is 27.0. The van der Waals surface area contributed by atoms with Crippen molar-refractivity contribution in [2.24, 2.45) is 0 Å². The number of fused-ring (bicyclic) bond motifs is 6. The van der Waals surface area contributed by atoms with Gasteiger partial charge in [0.25, 0.3) is 0 Å². The van der Waals surface area contributed by atoms with Crippen molar-refractivity contribution in [3.8, 4) is 0 Å². The van der Waals surface area contributed by atoms with E-state index >= 15 is 0 Å². The van der Waals surface area contributed by atoms with Crippen molar-refractivity contribution in [2.75, 3.05) is 9.80 Å². The van der Waals surface area contributed by atoms with Gasteiger partial charge in [0, 0.05) is 43.6 Å². The van der Waals surface area contributed by atoms with E-state index in [9.17, 15) is 0 Å². The molecular formula is C55H70N2S.